The third-order valence-corrected chi connectivity index (χ3v) is 4.07. The molecule has 0 aromatic carbocycles. The van der Waals surface area contributed by atoms with Crippen molar-refractivity contribution in [2.45, 2.75) is 29.8 Å². The second-order valence-corrected chi connectivity index (χ2v) is 6.12. The standard InChI is InChI=1S/C8H10F6N4O2S.CH3NO/c1-6(9,7(10,11)12)8(13,14)18(15)21(19,20)5-3-17(2)4-16-5;2-1-3/h3-4H,15H2,1-2H3;1H,(H2,2,3). The zero-order chi connectivity index (χ0) is 19.6. The first kappa shape index (κ1) is 22.1. The number of imidazole rings is 1. The van der Waals surface area contributed by atoms with E-state index in [9.17, 15) is 34.8 Å². The van der Waals surface area contributed by atoms with Crippen molar-refractivity contribution in [3.63, 3.8) is 0 Å². The third kappa shape index (κ3) is 3.96. The number of carbonyl (C=O) groups excluding carboxylic acids is 1. The predicted molar refractivity (Wildman–Crippen MR) is 67.2 cm³/mol. The number of rotatable bonds is 4. The van der Waals surface area contributed by atoms with Gasteiger partial charge in [0.15, 0.2) is 5.03 Å². The Morgan fingerprint density at radius 2 is 1.67 bits per heavy atom. The average Bonchev–Trinajstić information content (AvgIpc) is 2.84. The first-order valence-corrected chi connectivity index (χ1v) is 7.08. The van der Waals surface area contributed by atoms with E-state index in [1.165, 1.54) is 7.05 Å². The topological polar surface area (TPSA) is 124 Å². The lowest BCUT2D eigenvalue weighted by Crippen LogP contribution is -2.65. The molecule has 1 unspecified atom stereocenters. The summed E-state index contributed by atoms with van der Waals surface area (Å²) in [6.07, 6.45) is -4.19. The van der Waals surface area contributed by atoms with Crippen molar-refractivity contribution < 1.29 is 39.6 Å². The minimum Gasteiger partial charge on any atom is -0.372 e. The number of primary amides is 1. The van der Waals surface area contributed by atoms with Crippen LogP contribution in [0.5, 0.6) is 0 Å². The van der Waals surface area contributed by atoms with Gasteiger partial charge in [0, 0.05) is 13.2 Å². The van der Waals surface area contributed by atoms with E-state index in [-0.39, 0.29) is 6.41 Å². The molecule has 4 N–H and O–H groups in total. The van der Waals surface area contributed by atoms with Crippen molar-refractivity contribution in [2.75, 3.05) is 0 Å². The molecule has 0 aliphatic carbocycles. The number of nitrogens with zero attached hydrogens (tertiary/aromatic N) is 3. The van der Waals surface area contributed by atoms with E-state index in [0.717, 1.165) is 10.9 Å². The number of nitrogens with two attached hydrogens (primary N) is 2. The first-order valence-electron chi connectivity index (χ1n) is 5.64. The van der Waals surface area contributed by atoms with Crippen LogP contribution in [0, 0.1) is 0 Å². The summed E-state index contributed by atoms with van der Waals surface area (Å²) >= 11 is 0. The quantitative estimate of drug-likeness (QED) is 0.253. The predicted octanol–water partition coefficient (Wildman–Crippen LogP) is 0.269. The highest BCUT2D eigenvalue weighted by atomic mass is 32.2. The molecule has 0 aliphatic rings. The molecule has 0 fully saturated rings. The number of hydrogen-bond donors (Lipinski definition) is 2. The summed E-state index contributed by atoms with van der Waals surface area (Å²) in [6.45, 7) is -0.513. The normalized spacial score (nSPS) is 15.4. The van der Waals surface area contributed by atoms with Gasteiger partial charge in [0.1, 0.15) is 0 Å². The van der Waals surface area contributed by atoms with Gasteiger partial charge in [0.25, 0.3) is 15.7 Å². The monoisotopic (exact) mass is 385 g/mol. The molecule has 8 nitrogen and oxygen atoms in total. The van der Waals surface area contributed by atoms with Gasteiger partial charge in [-0.15, -0.1) is 0 Å². The summed E-state index contributed by atoms with van der Waals surface area (Å²) in [5.41, 5.74) is -1.03. The largest absolute Gasteiger partial charge is 0.429 e. The average molecular weight is 385 g/mol. The number of sulfonamides is 1. The summed E-state index contributed by atoms with van der Waals surface area (Å²) in [5.74, 6) is 4.56. The number of carbonyl (C=O) groups is 1. The van der Waals surface area contributed by atoms with E-state index in [2.05, 4.69) is 16.6 Å². The lowest BCUT2D eigenvalue weighted by molar-refractivity contribution is -0.322. The van der Waals surface area contributed by atoms with Crippen molar-refractivity contribution >= 4 is 16.4 Å². The van der Waals surface area contributed by atoms with Crippen LogP contribution in [-0.4, -0.2) is 46.7 Å². The Balaban J connectivity index is 0.00000163. The fraction of sp³-hybridized carbons (Fsp3) is 0.556. The smallest absolute Gasteiger partial charge is 0.372 e. The molecular weight excluding hydrogens is 372 g/mol. The highest BCUT2D eigenvalue weighted by Gasteiger charge is 2.72. The minimum atomic E-state index is -6.05. The van der Waals surface area contributed by atoms with Gasteiger partial charge in [-0.25, -0.2) is 23.6 Å². The van der Waals surface area contributed by atoms with Gasteiger partial charge >= 0.3 is 12.2 Å². The number of alkyl halides is 6. The molecule has 0 spiro atoms. The number of aromatic nitrogens is 2. The molecule has 140 valence electrons. The molecule has 0 aliphatic heterocycles. The van der Waals surface area contributed by atoms with Crippen LogP contribution < -0.4 is 11.6 Å². The maximum atomic E-state index is 13.6. The molecule has 0 radical (unpaired) electrons. The summed E-state index contributed by atoms with van der Waals surface area (Å²) in [5, 5.41) is -1.05. The summed E-state index contributed by atoms with van der Waals surface area (Å²) in [4.78, 5) is 11.8. The first-order chi connectivity index (χ1) is 10.6. The van der Waals surface area contributed by atoms with E-state index in [1.54, 1.807) is 0 Å². The van der Waals surface area contributed by atoms with E-state index >= 15 is 0 Å². The Bertz CT molecular complexity index is 671. The molecule has 1 amide bonds. The molecule has 1 aromatic heterocycles. The van der Waals surface area contributed by atoms with E-state index in [4.69, 9.17) is 4.79 Å². The Labute approximate surface area is 132 Å². The van der Waals surface area contributed by atoms with Gasteiger partial charge in [0.05, 0.1) is 6.33 Å². The lowest BCUT2D eigenvalue weighted by atomic mass is 10.1. The van der Waals surface area contributed by atoms with Crippen molar-refractivity contribution in [3.05, 3.63) is 12.5 Å². The van der Waals surface area contributed by atoms with Crippen LogP contribution in [0.4, 0.5) is 26.3 Å². The molecule has 24 heavy (non-hydrogen) atoms. The zero-order valence-electron chi connectivity index (χ0n) is 12.1. The molecule has 1 atom stereocenters. The van der Waals surface area contributed by atoms with Crippen molar-refractivity contribution in [1.29, 1.82) is 0 Å². The molecule has 0 bridgehead atoms. The zero-order valence-corrected chi connectivity index (χ0v) is 12.9. The Morgan fingerprint density at radius 1 is 1.25 bits per heavy atom. The molecule has 0 saturated carbocycles. The second kappa shape index (κ2) is 6.94. The molecule has 1 aromatic rings. The van der Waals surface area contributed by atoms with E-state index in [1.807, 2.05) is 0 Å². The molecule has 1 rings (SSSR count). The maximum absolute atomic E-state index is 13.6. The van der Waals surface area contributed by atoms with Crippen molar-refractivity contribution in [2.24, 2.45) is 18.6 Å². The minimum absolute atomic E-state index is 0.250. The van der Waals surface area contributed by atoms with Crippen LogP contribution in [0.15, 0.2) is 17.6 Å². The Morgan fingerprint density at radius 3 is 1.96 bits per heavy atom. The molecule has 15 heteroatoms. The summed E-state index contributed by atoms with van der Waals surface area (Å²) in [6, 6.07) is -5.58. The van der Waals surface area contributed by atoms with Gasteiger partial charge in [0.2, 0.25) is 6.41 Å². The molecule has 0 saturated heterocycles. The van der Waals surface area contributed by atoms with E-state index in [0.29, 0.717) is 6.20 Å². The number of halogens is 6. The van der Waals surface area contributed by atoms with Gasteiger partial charge < -0.3 is 10.3 Å². The Kier molecular flexibility index (Phi) is 6.40. The van der Waals surface area contributed by atoms with Gasteiger partial charge in [-0.1, -0.05) is 4.41 Å². The van der Waals surface area contributed by atoms with Crippen LogP contribution in [0.3, 0.4) is 0 Å². The van der Waals surface area contributed by atoms with Crippen molar-refractivity contribution in [1.82, 2.24) is 14.0 Å². The number of hydrogen-bond acceptors (Lipinski definition) is 5. The van der Waals surface area contributed by atoms with Crippen molar-refractivity contribution in [3.8, 4) is 0 Å². The molecular formula is C9H13F6N5O3S. The lowest BCUT2D eigenvalue weighted by Gasteiger charge is -2.35. The van der Waals surface area contributed by atoms with Gasteiger partial charge in [-0.2, -0.15) is 22.0 Å². The van der Waals surface area contributed by atoms with Gasteiger partial charge in [-0.05, 0) is 6.92 Å². The van der Waals surface area contributed by atoms with E-state index < -0.39 is 44.3 Å². The van der Waals surface area contributed by atoms with Crippen LogP contribution in [0.25, 0.3) is 0 Å². The van der Waals surface area contributed by atoms with Crippen LogP contribution in [-0.2, 0) is 21.9 Å². The fourth-order valence-corrected chi connectivity index (χ4v) is 2.31. The second-order valence-electron chi connectivity index (χ2n) is 4.36. The maximum Gasteiger partial charge on any atom is 0.429 e. The summed E-state index contributed by atoms with van der Waals surface area (Å²) in [7, 11) is -4.05. The molecule has 1 heterocycles. The van der Waals surface area contributed by atoms with Gasteiger partial charge in [-0.3, -0.25) is 4.79 Å². The highest BCUT2D eigenvalue weighted by Crippen LogP contribution is 2.46. The number of aryl methyl sites for hydroxylation is 1. The Hall–Kier alpha value is -1.87. The highest BCUT2D eigenvalue weighted by molar-refractivity contribution is 7.89. The van der Waals surface area contributed by atoms with Crippen LogP contribution >= 0.6 is 0 Å². The SMILES string of the molecule is Cn1cnc(S(=O)(=O)N(N)C(F)(F)C(C)(F)C(F)(F)F)c1.NC=O. The number of hydrazine groups is 1. The summed E-state index contributed by atoms with van der Waals surface area (Å²) < 4.78 is 100. The fourth-order valence-electron chi connectivity index (χ4n) is 1.15. The number of amides is 1. The van der Waals surface area contributed by atoms with Crippen LogP contribution in [0.2, 0.25) is 0 Å². The third-order valence-electron chi connectivity index (χ3n) is 2.58. The van der Waals surface area contributed by atoms with Crippen LogP contribution in [0.1, 0.15) is 6.92 Å².